The highest BCUT2D eigenvalue weighted by atomic mass is 16.3. The van der Waals surface area contributed by atoms with E-state index in [1.54, 1.807) is 18.3 Å². The number of hydrogen-bond acceptors (Lipinski definition) is 4. The molecule has 0 aliphatic rings. The second-order valence-corrected chi connectivity index (χ2v) is 5.61. The number of carbonyl (C=O) groups excluding carboxylic acids is 1. The van der Waals surface area contributed by atoms with E-state index in [2.05, 4.69) is 26.0 Å². The number of aromatic hydroxyl groups is 1. The van der Waals surface area contributed by atoms with Gasteiger partial charge in [-0.3, -0.25) is 14.5 Å². The van der Waals surface area contributed by atoms with Gasteiger partial charge < -0.3 is 21.1 Å². The summed E-state index contributed by atoms with van der Waals surface area (Å²) in [4.78, 5) is 16.5. The molecule has 1 aromatic heterocycles. The Morgan fingerprint density at radius 1 is 1.19 bits per heavy atom. The van der Waals surface area contributed by atoms with E-state index < -0.39 is 0 Å². The lowest BCUT2D eigenvalue weighted by atomic mass is 10.2. The van der Waals surface area contributed by atoms with Crippen LogP contribution in [-0.4, -0.2) is 52.9 Å². The van der Waals surface area contributed by atoms with Crippen molar-refractivity contribution in [2.24, 2.45) is 4.99 Å². The van der Waals surface area contributed by atoms with Crippen molar-refractivity contribution in [1.29, 1.82) is 0 Å². The molecule has 0 saturated heterocycles. The molecule has 0 saturated carbocycles. The Kier molecular flexibility index (Phi) is 7.98. The van der Waals surface area contributed by atoms with E-state index in [0.717, 1.165) is 25.5 Å². The summed E-state index contributed by atoms with van der Waals surface area (Å²) < 4.78 is 1.88. The van der Waals surface area contributed by atoms with Crippen LogP contribution < -0.4 is 16.0 Å². The number of aryl methyl sites for hydroxylation is 1. The second-order valence-electron chi connectivity index (χ2n) is 5.61. The van der Waals surface area contributed by atoms with E-state index in [0.29, 0.717) is 25.2 Å². The molecule has 8 heteroatoms. The van der Waals surface area contributed by atoms with Gasteiger partial charge in [0.15, 0.2) is 5.96 Å². The van der Waals surface area contributed by atoms with Crippen LogP contribution in [0.5, 0.6) is 5.75 Å². The molecule has 1 amide bonds. The summed E-state index contributed by atoms with van der Waals surface area (Å²) in [7, 11) is 0. The fraction of sp³-hybridized carbons (Fsp3) is 0.389. The second kappa shape index (κ2) is 10.8. The van der Waals surface area contributed by atoms with E-state index >= 15 is 0 Å². The Hall–Kier alpha value is -3.03. The fourth-order valence-electron chi connectivity index (χ4n) is 2.27. The van der Waals surface area contributed by atoms with Gasteiger partial charge in [0.2, 0.25) is 0 Å². The van der Waals surface area contributed by atoms with Crippen molar-refractivity contribution in [1.82, 2.24) is 25.7 Å². The maximum absolute atomic E-state index is 12.0. The van der Waals surface area contributed by atoms with Gasteiger partial charge in [0.05, 0.1) is 0 Å². The minimum Gasteiger partial charge on any atom is -0.508 e. The van der Waals surface area contributed by atoms with Gasteiger partial charge in [-0.15, -0.1) is 0 Å². The number of hydrogen-bond donors (Lipinski definition) is 4. The van der Waals surface area contributed by atoms with Gasteiger partial charge >= 0.3 is 0 Å². The van der Waals surface area contributed by atoms with Crippen LogP contribution in [0.2, 0.25) is 0 Å². The summed E-state index contributed by atoms with van der Waals surface area (Å²) >= 11 is 0. The Morgan fingerprint density at radius 3 is 2.65 bits per heavy atom. The highest BCUT2D eigenvalue weighted by Crippen LogP contribution is 2.09. The SMILES string of the molecule is CCNC(=NCCCn1cccn1)NCCNC(=O)c1ccc(O)cc1. The Balaban J connectivity index is 1.67. The van der Waals surface area contributed by atoms with Crippen LogP contribution in [0.3, 0.4) is 0 Å². The van der Waals surface area contributed by atoms with Gasteiger partial charge in [-0.2, -0.15) is 5.10 Å². The molecule has 1 heterocycles. The van der Waals surface area contributed by atoms with Gasteiger partial charge in [-0.25, -0.2) is 0 Å². The highest BCUT2D eigenvalue weighted by molar-refractivity contribution is 5.94. The van der Waals surface area contributed by atoms with Crippen molar-refractivity contribution in [3.8, 4) is 5.75 Å². The van der Waals surface area contributed by atoms with Gasteiger partial charge in [0.1, 0.15) is 5.75 Å². The molecule has 0 aliphatic carbocycles. The third-order valence-electron chi connectivity index (χ3n) is 3.55. The van der Waals surface area contributed by atoms with Crippen LogP contribution >= 0.6 is 0 Å². The molecule has 0 atom stereocenters. The molecule has 4 N–H and O–H groups in total. The van der Waals surface area contributed by atoms with Gasteiger partial charge in [-0.1, -0.05) is 0 Å². The van der Waals surface area contributed by atoms with E-state index in [-0.39, 0.29) is 11.7 Å². The smallest absolute Gasteiger partial charge is 0.251 e. The molecule has 140 valence electrons. The molecular weight excluding hydrogens is 332 g/mol. The average Bonchev–Trinajstić information content (AvgIpc) is 3.16. The molecule has 0 unspecified atom stereocenters. The summed E-state index contributed by atoms with van der Waals surface area (Å²) in [5, 5.41) is 22.6. The predicted molar refractivity (Wildman–Crippen MR) is 101 cm³/mol. The Labute approximate surface area is 153 Å². The topological polar surface area (TPSA) is 104 Å². The number of aromatic nitrogens is 2. The third-order valence-corrected chi connectivity index (χ3v) is 3.55. The number of carbonyl (C=O) groups is 1. The maximum atomic E-state index is 12.0. The number of phenolic OH excluding ortho intramolecular Hbond substituents is 1. The number of aliphatic imine (C=N–C) groups is 1. The number of guanidine groups is 1. The summed E-state index contributed by atoms with van der Waals surface area (Å²) in [5.74, 6) is 0.696. The maximum Gasteiger partial charge on any atom is 0.251 e. The van der Waals surface area contributed by atoms with Crippen LogP contribution in [0.4, 0.5) is 0 Å². The van der Waals surface area contributed by atoms with Crippen LogP contribution in [0.1, 0.15) is 23.7 Å². The molecule has 0 bridgehead atoms. The first-order valence-corrected chi connectivity index (χ1v) is 8.76. The molecular formula is C18H26N6O2. The quantitative estimate of drug-likeness (QED) is 0.304. The zero-order chi connectivity index (χ0) is 18.6. The number of nitrogens with one attached hydrogen (secondary N) is 3. The van der Waals surface area contributed by atoms with Crippen LogP contribution in [0, 0.1) is 0 Å². The molecule has 0 aliphatic heterocycles. The molecule has 26 heavy (non-hydrogen) atoms. The third kappa shape index (κ3) is 6.84. The van der Waals surface area contributed by atoms with Crippen molar-refractivity contribution < 1.29 is 9.90 Å². The first-order valence-electron chi connectivity index (χ1n) is 8.76. The standard InChI is InChI=1S/C18H26N6O2/c1-2-19-18(21-9-3-13-24-14-4-10-23-24)22-12-11-20-17(26)15-5-7-16(25)8-6-15/h4-8,10,14,25H,2-3,9,11-13H2,1H3,(H,20,26)(H2,19,21,22). The van der Waals surface area contributed by atoms with Crippen molar-refractivity contribution in [3.05, 3.63) is 48.3 Å². The van der Waals surface area contributed by atoms with E-state index in [4.69, 9.17) is 0 Å². The normalized spacial score (nSPS) is 11.2. The van der Waals surface area contributed by atoms with Crippen molar-refractivity contribution in [3.63, 3.8) is 0 Å². The number of nitrogens with zero attached hydrogens (tertiary/aromatic N) is 3. The van der Waals surface area contributed by atoms with Gasteiger partial charge in [0.25, 0.3) is 5.91 Å². The fourth-order valence-corrected chi connectivity index (χ4v) is 2.27. The summed E-state index contributed by atoms with van der Waals surface area (Å²) in [6.45, 7) is 5.33. The molecule has 0 radical (unpaired) electrons. The number of amides is 1. The lowest BCUT2D eigenvalue weighted by Gasteiger charge is -2.12. The van der Waals surface area contributed by atoms with Gasteiger partial charge in [-0.05, 0) is 43.7 Å². The highest BCUT2D eigenvalue weighted by Gasteiger charge is 2.04. The zero-order valence-corrected chi connectivity index (χ0v) is 15.0. The van der Waals surface area contributed by atoms with Crippen molar-refractivity contribution in [2.45, 2.75) is 19.9 Å². The Morgan fingerprint density at radius 2 is 1.96 bits per heavy atom. The molecule has 1 aromatic carbocycles. The molecule has 0 spiro atoms. The first-order chi connectivity index (χ1) is 12.7. The van der Waals surface area contributed by atoms with Crippen molar-refractivity contribution in [2.75, 3.05) is 26.2 Å². The van der Waals surface area contributed by atoms with Crippen molar-refractivity contribution >= 4 is 11.9 Å². The number of phenols is 1. The summed E-state index contributed by atoms with van der Waals surface area (Å²) in [5.41, 5.74) is 0.516. The lowest BCUT2D eigenvalue weighted by molar-refractivity contribution is 0.0954. The number of rotatable bonds is 9. The number of benzene rings is 1. The summed E-state index contributed by atoms with van der Waals surface area (Å²) in [6, 6.07) is 8.06. The van der Waals surface area contributed by atoms with Gasteiger partial charge in [0, 0.05) is 50.7 Å². The minimum absolute atomic E-state index is 0.141. The molecule has 8 nitrogen and oxygen atoms in total. The first kappa shape index (κ1) is 19.3. The lowest BCUT2D eigenvalue weighted by Crippen LogP contribution is -2.41. The van der Waals surface area contributed by atoms with E-state index in [9.17, 15) is 9.90 Å². The minimum atomic E-state index is -0.173. The Bertz CT molecular complexity index is 682. The van der Waals surface area contributed by atoms with Crippen LogP contribution in [0.25, 0.3) is 0 Å². The van der Waals surface area contributed by atoms with Crippen LogP contribution in [0.15, 0.2) is 47.7 Å². The largest absolute Gasteiger partial charge is 0.508 e. The predicted octanol–water partition coefficient (Wildman–Crippen LogP) is 0.964. The van der Waals surface area contributed by atoms with Crippen LogP contribution in [-0.2, 0) is 6.54 Å². The van der Waals surface area contributed by atoms with E-state index in [1.807, 2.05) is 23.9 Å². The summed E-state index contributed by atoms with van der Waals surface area (Å²) in [6.07, 6.45) is 4.60. The monoisotopic (exact) mass is 358 g/mol. The molecule has 2 rings (SSSR count). The average molecular weight is 358 g/mol. The van der Waals surface area contributed by atoms with E-state index in [1.165, 1.54) is 12.1 Å². The molecule has 2 aromatic rings. The molecule has 0 fully saturated rings. The zero-order valence-electron chi connectivity index (χ0n) is 15.0.